The molecule has 0 aliphatic carbocycles. The third kappa shape index (κ3) is 5.55. The minimum absolute atomic E-state index is 0.316. The van der Waals surface area contributed by atoms with Gasteiger partial charge in [-0.15, -0.1) is 13.2 Å². The van der Waals surface area contributed by atoms with Gasteiger partial charge in [0.05, 0.1) is 0 Å². The van der Waals surface area contributed by atoms with E-state index in [1.165, 1.54) is 36.4 Å². The van der Waals surface area contributed by atoms with Crippen LogP contribution >= 0.6 is 11.6 Å². The number of hydrogen-bond donors (Lipinski definition) is 3. The largest absolute Gasteiger partial charge is 0.573 e. The van der Waals surface area contributed by atoms with Gasteiger partial charge in [-0.05, 0) is 30.3 Å². The number of para-hydroxylation sites is 1. The number of carbonyl (C=O) groups excluding carboxylic acids is 1. The quantitative estimate of drug-likeness (QED) is 0.716. The predicted octanol–water partition coefficient (Wildman–Crippen LogP) is 4.19. The van der Waals surface area contributed by atoms with Crippen LogP contribution in [0.4, 0.5) is 23.7 Å². The Bertz CT molecular complexity index is 797. The van der Waals surface area contributed by atoms with Crippen molar-refractivity contribution in [2.75, 3.05) is 5.32 Å². The monoisotopic (exact) mass is 388 g/mol. The summed E-state index contributed by atoms with van der Waals surface area (Å²) in [6.45, 7) is 0. The van der Waals surface area contributed by atoms with Crippen LogP contribution in [0.1, 0.15) is 11.6 Å². The minimum atomic E-state index is -5.01. The number of carboxylic acid groups (broad SMARTS) is 1. The Hall–Kier alpha value is -2.94. The Morgan fingerprint density at radius 2 is 1.69 bits per heavy atom. The standard InChI is InChI=1S/C16H12ClF3N2O4/c17-9-5-7-10(8-6-9)21-15(25)22-13(14(23)24)11-3-1-2-4-12(11)26-16(18,19)20/h1-8,13H,(H,23,24)(H2,21,22,25). The molecule has 0 heterocycles. The zero-order valence-electron chi connectivity index (χ0n) is 12.9. The summed E-state index contributed by atoms with van der Waals surface area (Å²) in [5.74, 6) is -2.28. The fraction of sp³-hybridized carbons (Fsp3) is 0.125. The molecule has 6 nitrogen and oxygen atoms in total. The second-order valence-corrected chi connectivity index (χ2v) is 5.40. The molecule has 0 aromatic heterocycles. The smallest absolute Gasteiger partial charge is 0.479 e. The Morgan fingerprint density at radius 3 is 2.27 bits per heavy atom. The molecule has 3 N–H and O–H groups in total. The highest BCUT2D eigenvalue weighted by Crippen LogP contribution is 2.30. The van der Waals surface area contributed by atoms with Crippen molar-refractivity contribution in [3.8, 4) is 5.75 Å². The summed E-state index contributed by atoms with van der Waals surface area (Å²) >= 11 is 5.71. The van der Waals surface area contributed by atoms with Crippen molar-refractivity contribution in [2.45, 2.75) is 12.4 Å². The van der Waals surface area contributed by atoms with Crippen molar-refractivity contribution in [2.24, 2.45) is 0 Å². The molecule has 26 heavy (non-hydrogen) atoms. The van der Waals surface area contributed by atoms with E-state index in [9.17, 15) is 27.9 Å². The molecule has 10 heteroatoms. The highest BCUT2D eigenvalue weighted by Gasteiger charge is 2.34. The van der Waals surface area contributed by atoms with Crippen LogP contribution in [0.15, 0.2) is 48.5 Å². The number of rotatable bonds is 5. The number of ether oxygens (including phenoxy) is 1. The van der Waals surface area contributed by atoms with Gasteiger partial charge in [0.25, 0.3) is 0 Å². The molecule has 0 saturated heterocycles. The molecule has 0 saturated carbocycles. The van der Waals surface area contributed by atoms with Crippen LogP contribution in [-0.4, -0.2) is 23.5 Å². The number of aliphatic carboxylic acids is 1. The first-order valence-corrected chi connectivity index (χ1v) is 7.44. The van der Waals surface area contributed by atoms with Gasteiger partial charge in [-0.2, -0.15) is 0 Å². The summed E-state index contributed by atoms with van der Waals surface area (Å²) in [5, 5.41) is 14.2. The zero-order valence-corrected chi connectivity index (χ0v) is 13.6. The number of halogens is 4. The maximum absolute atomic E-state index is 12.5. The third-order valence-electron chi connectivity index (χ3n) is 3.08. The molecule has 1 unspecified atom stereocenters. The van der Waals surface area contributed by atoms with Gasteiger partial charge in [0.2, 0.25) is 0 Å². The lowest BCUT2D eigenvalue weighted by molar-refractivity contribution is -0.275. The molecule has 0 spiro atoms. The van der Waals surface area contributed by atoms with Gasteiger partial charge in [-0.3, -0.25) is 0 Å². The molecule has 0 fully saturated rings. The first-order valence-electron chi connectivity index (χ1n) is 7.06. The number of alkyl halides is 3. The molecular weight excluding hydrogens is 377 g/mol. The number of hydrogen-bond acceptors (Lipinski definition) is 3. The first-order chi connectivity index (χ1) is 12.2. The number of urea groups is 1. The second-order valence-electron chi connectivity index (χ2n) is 4.96. The molecule has 0 aliphatic rings. The minimum Gasteiger partial charge on any atom is -0.479 e. The van der Waals surface area contributed by atoms with E-state index in [2.05, 4.69) is 15.4 Å². The SMILES string of the molecule is O=C(Nc1ccc(Cl)cc1)NC(C(=O)O)c1ccccc1OC(F)(F)F. The van der Waals surface area contributed by atoms with Gasteiger partial charge in [-0.1, -0.05) is 29.8 Å². The molecule has 1 atom stereocenters. The lowest BCUT2D eigenvalue weighted by Crippen LogP contribution is -2.37. The Kier molecular flexibility index (Phi) is 5.93. The van der Waals surface area contributed by atoms with E-state index < -0.39 is 30.2 Å². The van der Waals surface area contributed by atoms with Crippen LogP contribution in [0.5, 0.6) is 5.75 Å². The maximum Gasteiger partial charge on any atom is 0.573 e. The molecular formula is C16H12ClF3N2O4. The van der Waals surface area contributed by atoms with Crippen LogP contribution in [-0.2, 0) is 4.79 Å². The number of carbonyl (C=O) groups is 2. The number of amides is 2. The van der Waals surface area contributed by atoms with E-state index in [1.54, 1.807) is 0 Å². The second kappa shape index (κ2) is 7.96. The Labute approximate surface area is 150 Å². The summed E-state index contributed by atoms with van der Waals surface area (Å²) in [6.07, 6.45) is -5.01. The highest BCUT2D eigenvalue weighted by atomic mass is 35.5. The molecule has 138 valence electrons. The topological polar surface area (TPSA) is 87.7 Å². The van der Waals surface area contributed by atoms with E-state index in [-0.39, 0.29) is 5.56 Å². The highest BCUT2D eigenvalue weighted by molar-refractivity contribution is 6.30. The lowest BCUT2D eigenvalue weighted by Gasteiger charge is -2.19. The summed E-state index contributed by atoms with van der Waals surface area (Å²) in [6, 6.07) is 7.89. The van der Waals surface area contributed by atoms with Crippen molar-refractivity contribution >= 4 is 29.3 Å². The van der Waals surface area contributed by atoms with E-state index in [1.807, 2.05) is 0 Å². The van der Waals surface area contributed by atoms with Gasteiger partial charge in [0.15, 0.2) is 6.04 Å². The van der Waals surface area contributed by atoms with Crippen LogP contribution in [0.2, 0.25) is 5.02 Å². The zero-order chi connectivity index (χ0) is 19.3. The maximum atomic E-state index is 12.5. The van der Waals surface area contributed by atoms with Gasteiger partial charge in [0.1, 0.15) is 5.75 Å². The molecule has 2 aromatic carbocycles. The van der Waals surface area contributed by atoms with Gasteiger partial charge in [0, 0.05) is 16.3 Å². The normalized spacial score (nSPS) is 12.2. The molecule has 2 aromatic rings. The molecule has 2 amide bonds. The van der Waals surface area contributed by atoms with Gasteiger partial charge < -0.3 is 20.5 Å². The van der Waals surface area contributed by atoms with Crippen LogP contribution in [0, 0.1) is 0 Å². The molecule has 2 rings (SSSR count). The molecule has 0 radical (unpaired) electrons. The number of nitrogens with one attached hydrogen (secondary N) is 2. The van der Waals surface area contributed by atoms with E-state index in [0.29, 0.717) is 10.7 Å². The fourth-order valence-electron chi connectivity index (χ4n) is 2.04. The van der Waals surface area contributed by atoms with Gasteiger partial charge in [-0.25, -0.2) is 9.59 Å². The van der Waals surface area contributed by atoms with Crippen molar-refractivity contribution in [3.05, 3.63) is 59.1 Å². The molecule has 0 bridgehead atoms. The average Bonchev–Trinajstić information content (AvgIpc) is 2.54. The summed E-state index contributed by atoms with van der Waals surface area (Å²) in [5.41, 5.74) is -0.0422. The van der Waals surface area contributed by atoms with Crippen LogP contribution in [0.25, 0.3) is 0 Å². The first kappa shape index (κ1) is 19.4. The average molecular weight is 389 g/mol. The third-order valence-corrected chi connectivity index (χ3v) is 3.33. The summed E-state index contributed by atoms with van der Waals surface area (Å²) < 4.78 is 41.3. The number of anilines is 1. The number of benzene rings is 2. The summed E-state index contributed by atoms with van der Waals surface area (Å²) in [4.78, 5) is 23.5. The summed E-state index contributed by atoms with van der Waals surface area (Å²) in [7, 11) is 0. The van der Waals surface area contributed by atoms with Crippen molar-refractivity contribution in [1.29, 1.82) is 0 Å². The molecule has 0 aliphatic heterocycles. The van der Waals surface area contributed by atoms with Crippen molar-refractivity contribution in [3.63, 3.8) is 0 Å². The van der Waals surface area contributed by atoms with Crippen LogP contribution in [0.3, 0.4) is 0 Å². The van der Waals surface area contributed by atoms with Crippen molar-refractivity contribution < 1.29 is 32.6 Å². The van der Waals surface area contributed by atoms with Crippen LogP contribution < -0.4 is 15.4 Å². The van der Waals surface area contributed by atoms with E-state index >= 15 is 0 Å². The lowest BCUT2D eigenvalue weighted by atomic mass is 10.1. The Morgan fingerprint density at radius 1 is 1.08 bits per heavy atom. The van der Waals surface area contributed by atoms with E-state index in [0.717, 1.165) is 12.1 Å². The number of carboxylic acids is 1. The fourth-order valence-corrected chi connectivity index (χ4v) is 2.17. The Balaban J connectivity index is 2.20. The predicted molar refractivity (Wildman–Crippen MR) is 87.1 cm³/mol. The van der Waals surface area contributed by atoms with Crippen molar-refractivity contribution in [1.82, 2.24) is 5.32 Å². The van der Waals surface area contributed by atoms with E-state index in [4.69, 9.17) is 11.6 Å². The van der Waals surface area contributed by atoms with Gasteiger partial charge >= 0.3 is 18.4 Å².